The summed E-state index contributed by atoms with van der Waals surface area (Å²) in [5, 5.41) is 0. The number of amides is 2. The Balaban J connectivity index is 1.72. The lowest BCUT2D eigenvalue weighted by Crippen LogP contribution is -2.26. The Morgan fingerprint density at radius 3 is 1.07 bits per heavy atom. The zero-order valence-electron chi connectivity index (χ0n) is 37.8. The highest BCUT2D eigenvalue weighted by Crippen LogP contribution is 2.19. The van der Waals surface area contributed by atoms with Gasteiger partial charge < -0.3 is 28.4 Å². The Morgan fingerprint density at radius 1 is 0.441 bits per heavy atom. The molecule has 0 saturated heterocycles. The quantitative estimate of drug-likeness (QED) is 0.0547. The van der Waals surface area contributed by atoms with E-state index < -0.39 is 46.5 Å². The number of esters is 2. The highest BCUT2D eigenvalue weighted by atomic mass is 16.6. The van der Waals surface area contributed by atoms with Crippen LogP contribution in [-0.4, -0.2) is 71.2 Å². The molecule has 0 unspecified atom stereocenters. The first-order valence-corrected chi connectivity index (χ1v) is 20.8. The Bertz CT molecular complexity index is 1560. The van der Waals surface area contributed by atoms with E-state index in [1.165, 1.54) is 0 Å². The van der Waals surface area contributed by atoms with Crippen molar-refractivity contribution in [1.82, 2.24) is 0 Å². The van der Waals surface area contributed by atoms with E-state index in [0.29, 0.717) is 50.3 Å². The lowest BCUT2D eigenvalue weighted by atomic mass is 10.0. The molecule has 0 aliphatic rings. The zero-order valence-corrected chi connectivity index (χ0v) is 37.8. The molecule has 59 heavy (non-hydrogen) atoms. The molecule has 12 nitrogen and oxygen atoms in total. The maximum absolute atomic E-state index is 12.5. The number of aryl methyl sites for hydroxylation is 2. The van der Waals surface area contributed by atoms with E-state index in [-0.39, 0.29) is 12.8 Å². The normalized spacial score (nSPS) is 12.7. The fraction of sp³-hybridized carbons (Fsp3) is 0.617. The molecule has 0 aromatic heterocycles. The van der Waals surface area contributed by atoms with Gasteiger partial charge in [0.25, 0.3) is 0 Å². The number of hydrogen-bond donors (Lipinski definition) is 0. The molecule has 2 aromatic rings. The van der Waals surface area contributed by atoms with Crippen LogP contribution in [0.25, 0.3) is 0 Å². The van der Waals surface area contributed by atoms with Gasteiger partial charge in [0.1, 0.15) is 33.9 Å². The summed E-state index contributed by atoms with van der Waals surface area (Å²) in [6.07, 6.45) is 5.02. The minimum Gasteiger partial charge on any atom is -0.494 e. The lowest BCUT2D eigenvalue weighted by Gasteiger charge is -2.20. The summed E-state index contributed by atoms with van der Waals surface area (Å²) < 4.78 is 33.5. The molecular formula is C47H70N2O10. The van der Waals surface area contributed by atoms with Gasteiger partial charge in [-0.05, 0) is 176 Å². The molecule has 2 rings (SSSR count). The van der Waals surface area contributed by atoms with Gasteiger partial charge in [0.2, 0.25) is 0 Å². The molecule has 0 heterocycles. The average Bonchev–Trinajstić information content (AvgIpc) is 3.05. The third-order valence-corrected chi connectivity index (χ3v) is 7.86. The third kappa shape index (κ3) is 26.1. The van der Waals surface area contributed by atoms with Crippen molar-refractivity contribution in [3.8, 4) is 11.5 Å². The minimum atomic E-state index is -0.708. The van der Waals surface area contributed by atoms with Crippen LogP contribution in [0.1, 0.15) is 152 Å². The van der Waals surface area contributed by atoms with Crippen LogP contribution >= 0.6 is 0 Å². The van der Waals surface area contributed by atoms with E-state index in [4.69, 9.17) is 28.4 Å². The predicted octanol–water partition coefficient (Wildman–Crippen LogP) is 11.2. The summed E-state index contributed by atoms with van der Waals surface area (Å²) in [4.78, 5) is 57.8. The Hall–Kier alpha value is -4.74. The SMILES string of the molecule is CC(C)(C)OC(=O)CC(CCCc1ccc(OCCCCCOc2ccc(CCCC(CC(=O)OC(C)(C)C)=NC(=O)OC(C)(C)C)cc2)cc1)=NC(=O)OC(C)(C)C. The van der Waals surface area contributed by atoms with Crippen LogP contribution in [0, 0.1) is 0 Å². The largest absolute Gasteiger partial charge is 0.494 e. The molecule has 0 bridgehead atoms. The van der Waals surface area contributed by atoms with Crippen LogP contribution in [-0.2, 0) is 41.4 Å². The number of nitrogens with zero attached hydrogens (tertiary/aromatic N) is 2. The molecule has 0 aliphatic heterocycles. The number of benzene rings is 2. The number of aliphatic imine (C=N–C) groups is 2. The molecule has 0 saturated carbocycles. The van der Waals surface area contributed by atoms with E-state index >= 15 is 0 Å². The summed E-state index contributed by atoms with van der Waals surface area (Å²) in [7, 11) is 0. The predicted molar refractivity (Wildman–Crippen MR) is 232 cm³/mol. The summed E-state index contributed by atoms with van der Waals surface area (Å²) >= 11 is 0. The number of carbonyl (C=O) groups is 4. The fourth-order valence-electron chi connectivity index (χ4n) is 5.54. The van der Waals surface area contributed by atoms with Crippen LogP contribution < -0.4 is 9.47 Å². The topological polar surface area (TPSA) is 148 Å². The summed E-state index contributed by atoms with van der Waals surface area (Å²) in [5.74, 6) is 0.751. The number of rotatable bonds is 20. The molecule has 2 amide bonds. The zero-order chi connectivity index (χ0) is 44.3. The molecule has 2 aromatic carbocycles. The first-order chi connectivity index (χ1) is 27.3. The molecule has 0 atom stereocenters. The lowest BCUT2D eigenvalue weighted by molar-refractivity contribution is -0.154. The Kier molecular flexibility index (Phi) is 20.3. The van der Waals surface area contributed by atoms with Crippen LogP contribution in [0.2, 0.25) is 0 Å². The van der Waals surface area contributed by atoms with Crippen molar-refractivity contribution in [3.63, 3.8) is 0 Å². The van der Waals surface area contributed by atoms with E-state index in [2.05, 4.69) is 9.98 Å². The number of carbonyl (C=O) groups excluding carboxylic acids is 4. The smallest absolute Gasteiger partial charge is 0.434 e. The van der Waals surface area contributed by atoms with Crippen LogP contribution in [0.3, 0.4) is 0 Å². The molecule has 328 valence electrons. The van der Waals surface area contributed by atoms with E-state index in [1.807, 2.05) is 48.5 Å². The van der Waals surface area contributed by atoms with Crippen molar-refractivity contribution in [2.24, 2.45) is 9.98 Å². The molecule has 0 spiro atoms. The van der Waals surface area contributed by atoms with Gasteiger partial charge in [-0.2, -0.15) is 9.98 Å². The molecule has 0 aliphatic carbocycles. The maximum Gasteiger partial charge on any atom is 0.434 e. The maximum atomic E-state index is 12.5. The highest BCUT2D eigenvalue weighted by molar-refractivity contribution is 6.03. The Morgan fingerprint density at radius 2 is 0.763 bits per heavy atom. The van der Waals surface area contributed by atoms with E-state index in [9.17, 15) is 19.2 Å². The Labute approximate surface area is 352 Å². The van der Waals surface area contributed by atoms with Crippen molar-refractivity contribution in [2.45, 2.75) is 176 Å². The first kappa shape index (κ1) is 50.4. The van der Waals surface area contributed by atoms with E-state index in [0.717, 1.165) is 54.7 Å². The number of unbranched alkanes of at least 4 members (excludes halogenated alkanes) is 2. The van der Waals surface area contributed by atoms with E-state index in [1.54, 1.807) is 83.1 Å². The second-order valence-electron chi connectivity index (χ2n) is 18.6. The van der Waals surface area contributed by atoms with Crippen molar-refractivity contribution in [1.29, 1.82) is 0 Å². The summed E-state index contributed by atoms with van der Waals surface area (Å²) in [6.45, 7) is 22.7. The van der Waals surface area contributed by atoms with Crippen molar-refractivity contribution in [3.05, 3.63) is 59.7 Å². The van der Waals surface area contributed by atoms with Gasteiger partial charge in [-0.1, -0.05) is 24.3 Å². The van der Waals surface area contributed by atoms with Crippen molar-refractivity contribution in [2.75, 3.05) is 13.2 Å². The van der Waals surface area contributed by atoms with Gasteiger partial charge in [0.05, 0.1) is 26.1 Å². The van der Waals surface area contributed by atoms with Gasteiger partial charge in [-0.3, -0.25) is 9.59 Å². The first-order valence-electron chi connectivity index (χ1n) is 20.8. The van der Waals surface area contributed by atoms with Gasteiger partial charge >= 0.3 is 24.1 Å². The summed E-state index contributed by atoms with van der Waals surface area (Å²) in [5.41, 5.74) is 0.497. The third-order valence-electron chi connectivity index (χ3n) is 7.86. The van der Waals surface area contributed by atoms with Crippen LogP contribution in [0.5, 0.6) is 11.5 Å². The highest BCUT2D eigenvalue weighted by Gasteiger charge is 2.22. The fourth-order valence-corrected chi connectivity index (χ4v) is 5.54. The summed E-state index contributed by atoms with van der Waals surface area (Å²) in [6, 6.07) is 15.9. The molecule has 0 fully saturated rings. The van der Waals surface area contributed by atoms with Crippen molar-refractivity contribution < 1.29 is 47.6 Å². The van der Waals surface area contributed by atoms with Gasteiger partial charge in [-0.15, -0.1) is 0 Å². The van der Waals surface area contributed by atoms with Gasteiger partial charge in [0, 0.05) is 11.4 Å². The molecular weight excluding hydrogens is 753 g/mol. The number of hydrogen-bond acceptors (Lipinski definition) is 10. The van der Waals surface area contributed by atoms with Gasteiger partial charge in [-0.25, -0.2) is 9.59 Å². The second-order valence-corrected chi connectivity index (χ2v) is 18.6. The van der Waals surface area contributed by atoms with Crippen LogP contribution in [0.4, 0.5) is 9.59 Å². The minimum absolute atomic E-state index is 0.0659. The molecule has 0 radical (unpaired) electrons. The standard InChI is InChI=1S/C47H70N2O10/c1-44(2,3)56-40(50)32-36(48-42(52)58-46(7,8)9)20-16-18-34-22-26-38(27-23-34)54-30-14-13-15-31-55-39-28-24-35(25-29-39)19-17-21-37(33-41(51)57-45(4,5)6)49-43(53)59-47(10,11)12/h22-29H,13-21,30-33H2,1-12H3. The van der Waals surface area contributed by atoms with Crippen LogP contribution in [0.15, 0.2) is 58.5 Å². The molecule has 12 heteroatoms. The van der Waals surface area contributed by atoms with Gasteiger partial charge in [0.15, 0.2) is 0 Å². The monoisotopic (exact) mass is 823 g/mol. The second kappa shape index (κ2) is 23.7. The number of ether oxygens (including phenoxy) is 6. The van der Waals surface area contributed by atoms with Crippen molar-refractivity contribution >= 4 is 35.5 Å². The average molecular weight is 823 g/mol. The molecule has 0 N–H and O–H groups in total.